The van der Waals surface area contributed by atoms with Gasteiger partial charge in [-0.05, 0) is 26.3 Å². The number of hydrogen-bond donors (Lipinski definition) is 2. The first-order valence-corrected chi connectivity index (χ1v) is 7.12. The second-order valence-corrected chi connectivity index (χ2v) is 5.28. The molecular formula is C17H20N2O2. The predicted octanol–water partition coefficient (Wildman–Crippen LogP) is 3.08. The smallest absolute Gasteiger partial charge is 0.267 e. The largest absolute Gasteiger partial charge is 0.356 e. The fourth-order valence-electron chi connectivity index (χ4n) is 1.93. The number of amides is 1. The molecule has 4 nitrogen and oxygen atoms in total. The minimum absolute atomic E-state index is 0.0890. The van der Waals surface area contributed by atoms with Crippen molar-refractivity contribution < 1.29 is 9.59 Å². The lowest BCUT2D eigenvalue weighted by molar-refractivity contribution is 0.0934. The van der Waals surface area contributed by atoms with Crippen LogP contribution in [0.2, 0.25) is 0 Å². The number of carbonyl (C=O) groups is 2. The van der Waals surface area contributed by atoms with Crippen molar-refractivity contribution >= 4 is 11.7 Å². The molecule has 2 N–H and O–H groups in total. The Labute approximate surface area is 124 Å². The number of rotatable bonds is 5. The van der Waals surface area contributed by atoms with Gasteiger partial charge in [0.2, 0.25) is 0 Å². The topological polar surface area (TPSA) is 62.0 Å². The molecule has 0 aliphatic carbocycles. The lowest BCUT2D eigenvalue weighted by atomic mass is 10.0. The number of H-pyrrole nitrogens is 1. The molecule has 0 aliphatic heterocycles. The van der Waals surface area contributed by atoms with Crippen LogP contribution in [-0.4, -0.2) is 22.7 Å². The third-order valence-corrected chi connectivity index (χ3v) is 3.49. The van der Waals surface area contributed by atoms with Crippen molar-refractivity contribution in [3.8, 4) is 0 Å². The summed E-state index contributed by atoms with van der Waals surface area (Å²) in [5.74, 6) is -0.277. The molecule has 1 amide bonds. The van der Waals surface area contributed by atoms with Crippen LogP contribution in [0.4, 0.5) is 0 Å². The van der Waals surface area contributed by atoms with Gasteiger partial charge in [0.25, 0.3) is 5.91 Å². The van der Waals surface area contributed by atoms with E-state index in [4.69, 9.17) is 0 Å². The first kappa shape index (κ1) is 15.0. The van der Waals surface area contributed by atoms with Gasteiger partial charge in [-0.3, -0.25) is 9.59 Å². The normalized spacial score (nSPS) is 12.0. The molecule has 0 spiro atoms. The highest BCUT2D eigenvalue weighted by Gasteiger charge is 2.15. The molecule has 1 aromatic heterocycles. The van der Waals surface area contributed by atoms with E-state index in [0.717, 1.165) is 12.0 Å². The third kappa shape index (κ3) is 3.60. The summed E-state index contributed by atoms with van der Waals surface area (Å²) < 4.78 is 0. The van der Waals surface area contributed by atoms with E-state index < -0.39 is 0 Å². The zero-order valence-electron chi connectivity index (χ0n) is 12.6. The van der Waals surface area contributed by atoms with Gasteiger partial charge in [-0.15, -0.1) is 0 Å². The summed E-state index contributed by atoms with van der Waals surface area (Å²) in [5, 5.41) is 2.86. The number of hydrogen-bond acceptors (Lipinski definition) is 2. The molecule has 2 aromatic rings. The van der Waals surface area contributed by atoms with Crippen molar-refractivity contribution in [2.45, 2.75) is 33.2 Å². The summed E-state index contributed by atoms with van der Waals surface area (Å²) in [5.41, 5.74) is 2.63. The molecule has 0 saturated carbocycles. The molecule has 0 unspecified atom stereocenters. The van der Waals surface area contributed by atoms with E-state index in [9.17, 15) is 9.59 Å². The van der Waals surface area contributed by atoms with Gasteiger partial charge in [0.15, 0.2) is 5.78 Å². The van der Waals surface area contributed by atoms with Crippen molar-refractivity contribution in [3.05, 3.63) is 58.9 Å². The maximum absolute atomic E-state index is 12.3. The van der Waals surface area contributed by atoms with Gasteiger partial charge in [-0.1, -0.05) is 36.8 Å². The Morgan fingerprint density at radius 1 is 1.19 bits per heavy atom. The van der Waals surface area contributed by atoms with Gasteiger partial charge < -0.3 is 10.3 Å². The van der Waals surface area contributed by atoms with E-state index >= 15 is 0 Å². The number of aromatic nitrogens is 1. The summed E-state index contributed by atoms with van der Waals surface area (Å²) in [6.07, 6.45) is 2.44. The lowest BCUT2D eigenvalue weighted by Gasteiger charge is -2.09. The van der Waals surface area contributed by atoms with Crippen LogP contribution >= 0.6 is 0 Å². The molecule has 0 aliphatic rings. The molecule has 21 heavy (non-hydrogen) atoms. The van der Waals surface area contributed by atoms with Crippen LogP contribution in [0.1, 0.15) is 52.2 Å². The van der Waals surface area contributed by atoms with Crippen molar-refractivity contribution in [2.75, 3.05) is 0 Å². The Balaban J connectivity index is 2.14. The van der Waals surface area contributed by atoms with E-state index in [1.54, 1.807) is 24.4 Å². The Hall–Kier alpha value is -2.36. The minimum Gasteiger partial charge on any atom is -0.356 e. The molecule has 1 aromatic carbocycles. The van der Waals surface area contributed by atoms with Crippen LogP contribution in [0.25, 0.3) is 0 Å². The summed E-state index contributed by atoms with van der Waals surface area (Å²) in [6.45, 7) is 5.92. The van der Waals surface area contributed by atoms with E-state index in [1.165, 1.54) is 0 Å². The molecule has 0 bridgehead atoms. The third-order valence-electron chi connectivity index (χ3n) is 3.49. The van der Waals surface area contributed by atoms with Gasteiger partial charge in [-0.2, -0.15) is 0 Å². The number of carbonyl (C=O) groups excluding carboxylic acids is 2. The Bertz CT molecular complexity index is 641. The monoisotopic (exact) mass is 284 g/mol. The van der Waals surface area contributed by atoms with E-state index in [-0.39, 0.29) is 17.7 Å². The fraction of sp³-hybridized carbons (Fsp3) is 0.294. The average molecular weight is 284 g/mol. The van der Waals surface area contributed by atoms with Crippen LogP contribution in [-0.2, 0) is 0 Å². The molecule has 110 valence electrons. The highest BCUT2D eigenvalue weighted by atomic mass is 16.2. The van der Waals surface area contributed by atoms with Crippen LogP contribution in [0.15, 0.2) is 36.5 Å². The zero-order chi connectivity index (χ0) is 15.4. The summed E-state index contributed by atoms with van der Waals surface area (Å²) >= 11 is 0. The second kappa shape index (κ2) is 6.39. The molecule has 0 fully saturated rings. The Morgan fingerprint density at radius 3 is 2.48 bits per heavy atom. The van der Waals surface area contributed by atoms with Crippen molar-refractivity contribution in [1.82, 2.24) is 10.3 Å². The first-order valence-electron chi connectivity index (χ1n) is 7.12. The quantitative estimate of drug-likeness (QED) is 0.829. The molecule has 1 atom stereocenters. The number of aryl methyl sites for hydroxylation is 1. The van der Waals surface area contributed by atoms with Crippen LogP contribution in [0.5, 0.6) is 0 Å². The first-order chi connectivity index (χ1) is 10.0. The van der Waals surface area contributed by atoms with Crippen molar-refractivity contribution in [1.29, 1.82) is 0 Å². The van der Waals surface area contributed by atoms with Gasteiger partial charge >= 0.3 is 0 Å². The number of nitrogens with one attached hydrogen (secondary N) is 2. The van der Waals surface area contributed by atoms with E-state index in [2.05, 4.69) is 10.3 Å². The van der Waals surface area contributed by atoms with Gasteiger partial charge in [0, 0.05) is 23.4 Å². The number of benzene rings is 1. The van der Waals surface area contributed by atoms with Gasteiger partial charge in [0.1, 0.15) is 5.69 Å². The van der Waals surface area contributed by atoms with Crippen molar-refractivity contribution in [2.24, 2.45) is 0 Å². The molecule has 0 saturated heterocycles. The van der Waals surface area contributed by atoms with Gasteiger partial charge in [0.05, 0.1) is 0 Å². The fourth-order valence-corrected chi connectivity index (χ4v) is 1.93. The molecule has 1 heterocycles. The Kier molecular flexibility index (Phi) is 4.58. The maximum atomic E-state index is 12.3. The van der Waals surface area contributed by atoms with Crippen molar-refractivity contribution in [3.63, 3.8) is 0 Å². The van der Waals surface area contributed by atoms with Crippen LogP contribution in [0.3, 0.4) is 0 Å². The summed E-state index contributed by atoms with van der Waals surface area (Å²) in [4.78, 5) is 27.2. The van der Waals surface area contributed by atoms with Crippen LogP contribution in [0, 0.1) is 6.92 Å². The standard InChI is InChI=1S/C17H20N2O2/c1-4-12(3)19-17(21)15-9-14(10-18-15)16(20)13-7-5-11(2)6-8-13/h5-10,12,18H,4H2,1-3H3,(H,19,21)/t12-/m1/s1. The van der Waals surface area contributed by atoms with Gasteiger partial charge in [-0.25, -0.2) is 0 Å². The summed E-state index contributed by atoms with van der Waals surface area (Å²) in [7, 11) is 0. The average Bonchev–Trinajstić information content (AvgIpc) is 2.97. The van der Waals surface area contributed by atoms with E-state index in [0.29, 0.717) is 16.8 Å². The molecule has 4 heteroatoms. The molecule has 2 rings (SSSR count). The van der Waals surface area contributed by atoms with Crippen LogP contribution < -0.4 is 5.32 Å². The second-order valence-electron chi connectivity index (χ2n) is 5.28. The highest BCUT2D eigenvalue weighted by Crippen LogP contribution is 2.12. The number of aromatic amines is 1. The minimum atomic E-state index is -0.188. The van der Waals surface area contributed by atoms with E-state index in [1.807, 2.05) is 32.9 Å². The lowest BCUT2D eigenvalue weighted by Crippen LogP contribution is -2.32. The predicted molar refractivity (Wildman–Crippen MR) is 82.6 cm³/mol. The summed E-state index contributed by atoms with van der Waals surface area (Å²) in [6, 6.07) is 9.09. The zero-order valence-corrected chi connectivity index (χ0v) is 12.6. The number of ketones is 1. The molecular weight excluding hydrogens is 264 g/mol. The highest BCUT2D eigenvalue weighted by molar-refractivity contribution is 6.10. The Morgan fingerprint density at radius 2 is 1.86 bits per heavy atom. The maximum Gasteiger partial charge on any atom is 0.267 e. The SMILES string of the molecule is CC[C@@H](C)NC(=O)c1cc(C(=O)c2ccc(C)cc2)c[nH]1. The molecule has 0 radical (unpaired) electrons.